The first-order valence-electron chi connectivity index (χ1n) is 6.74. The molecule has 0 radical (unpaired) electrons. The van der Waals surface area contributed by atoms with E-state index in [1.807, 2.05) is 12.1 Å². The Labute approximate surface area is 115 Å². The molecule has 20 heavy (non-hydrogen) atoms. The lowest BCUT2D eigenvalue weighted by Crippen LogP contribution is -2.38. The van der Waals surface area contributed by atoms with Crippen molar-refractivity contribution >= 4 is 16.7 Å². The standard InChI is InChI=1S/C15H16N2O3/c18-9-11-5-3-7-17(11)15(20)13-8-10-4-1-2-6-12(10)14(19)16-13/h1-2,4,6,8,11,18H,3,5,7,9H2,(H,16,19)/t11-/m1/s1. The summed E-state index contributed by atoms with van der Waals surface area (Å²) in [7, 11) is 0. The third kappa shape index (κ3) is 2.10. The molecule has 5 heteroatoms. The van der Waals surface area contributed by atoms with Crippen LogP contribution in [0.15, 0.2) is 35.1 Å². The topological polar surface area (TPSA) is 73.4 Å². The van der Waals surface area contributed by atoms with E-state index in [1.54, 1.807) is 23.1 Å². The molecule has 0 spiro atoms. The summed E-state index contributed by atoms with van der Waals surface area (Å²) in [5, 5.41) is 10.6. The highest BCUT2D eigenvalue weighted by atomic mass is 16.3. The number of hydrogen-bond acceptors (Lipinski definition) is 3. The number of aliphatic hydroxyl groups is 1. The fraction of sp³-hybridized carbons (Fsp3) is 0.333. The lowest BCUT2D eigenvalue weighted by atomic mass is 10.1. The SMILES string of the molecule is O=C(c1cc2ccccc2c(=O)[nH]1)N1CCC[C@@H]1CO. The Hall–Kier alpha value is -2.14. The minimum Gasteiger partial charge on any atom is -0.394 e. The van der Waals surface area contributed by atoms with E-state index in [1.165, 1.54) is 0 Å². The lowest BCUT2D eigenvalue weighted by Gasteiger charge is -2.22. The van der Waals surface area contributed by atoms with E-state index >= 15 is 0 Å². The summed E-state index contributed by atoms with van der Waals surface area (Å²) in [5.41, 5.74) is 0.0280. The van der Waals surface area contributed by atoms with Gasteiger partial charge in [-0.25, -0.2) is 0 Å². The second-order valence-corrected chi connectivity index (χ2v) is 5.08. The average Bonchev–Trinajstić information content (AvgIpc) is 2.95. The molecule has 1 aliphatic rings. The van der Waals surface area contributed by atoms with Gasteiger partial charge in [-0.3, -0.25) is 9.59 Å². The molecule has 1 aromatic heterocycles. The molecule has 1 fully saturated rings. The monoisotopic (exact) mass is 272 g/mol. The molecule has 0 unspecified atom stereocenters. The number of pyridine rings is 1. The number of aromatic nitrogens is 1. The summed E-state index contributed by atoms with van der Waals surface area (Å²) >= 11 is 0. The summed E-state index contributed by atoms with van der Waals surface area (Å²) in [6.07, 6.45) is 1.69. The fourth-order valence-electron chi connectivity index (χ4n) is 2.77. The number of H-pyrrole nitrogens is 1. The molecule has 104 valence electrons. The Morgan fingerprint density at radius 1 is 1.40 bits per heavy atom. The van der Waals surface area contributed by atoms with Crippen LogP contribution in [0.4, 0.5) is 0 Å². The summed E-state index contributed by atoms with van der Waals surface area (Å²) in [6.45, 7) is 0.586. The minimum absolute atomic E-state index is 0.0381. The van der Waals surface area contributed by atoms with Crippen LogP contribution in [0.1, 0.15) is 23.3 Å². The number of carbonyl (C=O) groups excluding carboxylic acids is 1. The van der Waals surface area contributed by atoms with Gasteiger partial charge in [0.1, 0.15) is 5.69 Å². The maximum atomic E-state index is 12.5. The molecule has 0 saturated carbocycles. The van der Waals surface area contributed by atoms with E-state index in [9.17, 15) is 14.7 Å². The zero-order chi connectivity index (χ0) is 14.1. The molecular weight excluding hydrogens is 256 g/mol. The first-order chi connectivity index (χ1) is 9.70. The number of likely N-dealkylation sites (tertiary alicyclic amines) is 1. The van der Waals surface area contributed by atoms with E-state index in [-0.39, 0.29) is 29.8 Å². The van der Waals surface area contributed by atoms with Crippen molar-refractivity contribution in [3.63, 3.8) is 0 Å². The zero-order valence-corrected chi connectivity index (χ0v) is 11.0. The molecule has 1 aromatic carbocycles. The summed E-state index contributed by atoms with van der Waals surface area (Å²) < 4.78 is 0. The lowest BCUT2D eigenvalue weighted by molar-refractivity contribution is 0.0671. The normalized spacial score (nSPS) is 18.6. The van der Waals surface area contributed by atoms with E-state index in [2.05, 4.69) is 4.98 Å². The van der Waals surface area contributed by atoms with Crippen molar-refractivity contribution in [2.24, 2.45) is 0 Å². The first-order valence-corrected chi connectivity index (χ1v) is 6.74. The van der Waals surface area contributed by atoms with Gasteiger partial charge in [-0.05, 0) is 30.4 Å². The number of aliphatic hydroxyl groups excluding tert-OH is 1. The minimum atomic E-state index is -0.258. The van der Waals surface area contributed by atoms with Crippen LogP contribution in [-0.4, -0.2) is 40.1 Å². The number of hydrogen-bond donors (Lipinski definition) is 2. The van der Waals surface area contributed by atoms with Crippen molar-refractivity contribution < 1.29 is 9.90 Å². The third-order valence-electron chi connectivity index (χ3n) is 3.83. The molecule has 1 aliphatic heterocycles. The number of benzene rings is 1. The van der Waals surface area contributed by atoms with Gasteiger partial charge in [0.2, 0.25) is 0 Å². The fourth-order valence-corrected chi connectivity index (χ4v) is 2.77. The molecule has 5 nitrogen and oxygen atoms in total. The molecular formula is C15H16N2O3. The molecule has 1 amide bonds. The van der Waals surface area contributed by atoms with Crippen LogP contribution in [0.25, 0.3) is 10.8 Å². The summed E-state index contributed by atoms with van der Waals surface area (Å²) in [5.74, 6) is -0.218. The molecule has 1 atom stereocenters. The van der Waals surface area contributed by atoms with Crippen molar-refractivity contribution in [3.05, 3.63) is 46.4 Å². The predicted octanol–water partition coefficient (Wildman–Crippen LogP) is 1.12. The number of nitrogens with one attached hydrogen (secondary N) is 1. The highest BCUT2D eigenvalue weighted by molar-refractivity contribution is 5.96. The molecule has 0 bridgehead atoms. The van der Waals surface area contributed by atoms with Gasteiger partial charge in [0.05, 0.1) is 12.6 Å². The predicted molar refractivity (Wildman–Crippen MR) is 75.7 cm³/mol. The van der Waals surface area contributed by atoms with Gasteiger partial charge >= 0.3 is 0 Å². The Kier molecular flexibility index (Phi) is 3.28. The van der Waals surface area contributed by atoms with Crippen molar-refractivity contribution in [1.82, 2.24) is 9.88 Å². The van der Waals surface area contributed by atoms with E-state index < -0.39 is 0 Å². The van der Waals surface area contributed by atoms with Crippen LogP contribution >= 0.6 is 0 Å². The Morgan fingerprint density at radius 2 is 2.20 bits per heavy atom. The van der Waals surface area contributed by atoms with Crippen molar-refractivity contribution in [1.29, 1.82) is 0 Å². The number of rotatable bonds is 2. The zero-order valence-electron chi connectivity index (χ0n) is 11.0. The van der Waals surface area contributed by atoms with Gasteiger partial charge in [0.15, 0.2) is 0 Å². The third-order valence-corrected chi connectivity index (χ3v) is 3.83. The smallest absolute Gasteiger partial charge is 0.270 e. The quantitative estimate of drug-likeness (QED) is 0.860. The Balaban J connectivity index is 2.02. The molecule has 1 saturated heterocycles. The van der Waals surface area contributed by atoms with E-state index in [0.29, 0.717) is 11.9 Å². The summed E-state index contributed by atoms with van der Waals surface area (Å²) in [6, 6.07) is 8.73. The maximum Gasteiger partial charge on any atom is 0.270 e. The van der Waals surface area contributed by atoms with Crippen LogP contribution in [0.3, 0.4) is 0 Å². The number of fused-ring (bicyclic) bond motifs is 1. The largest absolute Gasteiger partial charge is 0.394 e. The van der Waals surface area contributed by atoms with Gasteiger partial charge in [0.25, 0.3) is 11.5 Å². The van der Waals surface area contributed by atoms with Crippen molar-refractivity contribution in [2.45, 2.75) is 18.9 Å². The molecule has 3 rings (SSSR count). The van der Waals surface area contributed by atoms with Gasteiger partial charge in [0, 0.05) is 11.9 Å². The van der Waals surface area contributed by atoms with E-state index in [4.69, 9.17) is 0 Å². The van der Waals surface area contributed by atoms with Gasteiger partial charge in [-0.15, -0.1) is 0 Å². The van der Waals surface area contributed by atoms with Crippen LogP contribution < -0.4 is 5.56 Å². The number of carbonyl (C=O) groups is 1. The number of nitrogens with zero attached hydrogens (tertiary/aromatic N) is 1. The van der Waals surface area contributed by atoms with Crippen LogP contribution in [0.2, 0.25) is 0 Å². The van der Waals surface area contributed by atoms with Crippen LogP contribution in [0.5, 0.6) is 0 Å². The number of amides is 1. The van der Waals surface area contributed by atoms with Crippen LogP contribution in [0, 0.1) is 0 Å². The first kappa shape index (κ1) is 12.9. The van der Waals surface area contributed by atoms with Gasteiger partial charge in [-0.2, -0.15) is 0 Å². The second kappa shape index (κ2) is 5.09. The van der Waals surface area contributed by atoms with E-state index in [0.717, 1.165) is 18.2 Å². The average molecular weight is 272 g/mol. The Bertz CT molecular complexity index is 708. The van der Waals surface area contributed by atoms with Crippen LogP contribution in [-0.2, 0) is 0 Å². The van der Waals surface area contributed by atoms with Gasteiger partial charge in [-0.1, -0.05) is 18.2 Å². The van der Waals surface area contributed by atoms with Crippen molar-refractivity contribution in [3.8, 4) is 0 Å². The van der Waals surface area contributed by atoms with Crippen molar-refractivity contribution in [2.75, 3.05) is 13.2 Å². The molecule has 0 aliphatic carbocycles. The molecule has 2 heterocycles. The number of aromatic amines is 1. The molecule has 2 aromatic rings. The second-order valence-electron chi connectivity index (χ2n) is 5.08. The maximum absolute atomic E-state index is 12.5. The highest BCUT2D eigenvalue weighted by Crippen LogP contribution is 2.20. The van der Waals surface area contributed by atoms with Gasteiger partial charge < -0.3 is 15.0 Å². The summed E-state index contributed by atoms with van der Waals surface area (Å²) in [4.78, 5) is 28.7. The molecule has 2 N–H and O–H groups in total. The highest BCUT2D eigenvalue weighted by Gasteiger charge is 2.29. The Morgan fingerprint density at radius 3 is 3.00 bits per heavy atom.